The molecule has 2 rings (SSSR count). The lowest BCUT2D eigenvalue weighted by atomic mass is 10.0. The molecule has 82 valence electrons. The SMILES string of the molecule is C[C@H]1C(=O)NCCN1C(=O)C1CC=CC1. The molecule has 4 heteroatoms. The molecular weight excluding hydrogens is 192 g/mol. The number of hydrogen-bond donors (Lipinski definition) is 1. The van der Waals surface area contributed by atoms with Crippen LogP contribution in [-0.2, 0) is 9.59 Å². The molecule has 4 nitrogen and oxygen atoms in total. The fourth-order valence-corrected chi connectivity index (χ4v) is 2.14. The van der Waals surface area contributed by atoms with E-state index >= 15 is 0 Å². The van der Waals surface area contributed by atoms with Gasteiger partial charge in [-0.3, -0.25) is 9.59 Å². The van der Waals surface area contributed by atoms with E-state index in [-0.39, 0.29) is 23.8 Å². The Morgan fingerprint density at radius 3 is 2.80 bits per heavy atom. The number of allylic oxidation sites excluding steroid dienone is 2. The Bertz CT molecular complexity index is 304. The second kappa shape index (κ2) is 4.04. The van der Waals surface area contributed by atoms with Crippen LogP contribution in [0.25, 0.3) is 0 Å². The zero-order valence-electron chi connectivity index (χ0n) is 8.90. The zero-order chi connectivity index (χ0) is 10.8. The monoisotopic (exact) mass is 208 g/mol. The molecule has 2 aliphatic rings. The van der Waals surface area contributed by atoms with Gasteiger partial charge in [0.1, 0.15) is 6.04 Å². The van der Waals surface area contributed by atoms with Gasteiger partial charge < -0.3 is 10.2 Å². The minimum Gasteiger partial charge on any atom is -0.353 e. The van der Waals surface area contributed by atoms with Gasteiger partial charge in [-0.2, -0.15) is 0 Å². The van der Waals surface area contributed by atoms with Crippen LogP contribution in [0.2, 0.25) is 0 Å². The average Bonchev–Trinajstić information content (AvgIpc) is 2.74. The maximum absolute atomic E-state index is 12.1. The fraction of sp³-hybridized carbons (Fsp3) is 0.636. The molecule has 0 spiro atoms. The number of carbonyl (C=O) groups is 2. The third kappa shape index (κ3) is 1.89. The third-order valence-electron chi connectivity index (χ3n) is 3.14. The van der Waals surface area contributed by atoms with Crippen molar-refractivity contribution in [1.82, 2.24) is 10.2 Å². The van der Waals surface area contributed by atoms with Crippen LogP contribution in [0.3, 0.4) is 0 Å². The summed E-state index contributed by atoms with van der Waals surface area (Å²) in [5, 5.41) is 2.76. The van der Waals surface area contributed by atoms with Crippen molar-refractivity contribution < 1.29 is 9.59 Å². The maximum atomic E-state index is 12.1. The van der Waals surface area contributed by atoms with E-state index in [4.69, 9.17) is 0 Å². The van der Waals surface area contributed by atoms with Crippen molar-refractivity contribution in [2.75, 3.05) is 13.1 Å². The standard InChI is InChI=1S/C11H16N2O2/c1-8-10(14)12-6-7-13(8)11(15)9-4-2-3-5-9/h2-3,8-9H,4-7H2,1H3,(H,12,14)/t8-/m0/s1. The van der Waals surface area contributed by atoms with Crippen molar-refractivity contribution in [3.63, 3.8) is 0 Å². The Hall–Kier alpha value is -1.32. The van der Waals surface area contributed by atoms with E-state index in [9.17, 15) is 9.59 Å². The number of carbonyl (C=O) groups excluding carboxylic acids is 2. The van der Waals surface area contributed by atoms with Crippen molar-refractivity contribution in [2.45, 2.75) is 25.8 Å². The van der Waals surface area contributed by atoms with E-state index < -0.39 is 0 Å². The minimum absolute atomic E-state index is 0.0412. The number of nitrogens with zero attached hydrogens (tertiary/aromatic N) is 1. The van der Waals surface area contributed by atoms with Crippen LogP contribution in [0.1, 0.15) is 19.8 Å². The smallest absolute Gasteiger partial charge is 0.242 e. The summed E-state index contributed by atoms with van der Waals surface area (Å²) in [7, 11) is 0. The molecule has 1 saturated heterocycles. The summed E-state index contributed by atoms with van der Waals surface area (Å²) in [5.41, 5.74) is 0. The average molecular weight is 208 g/mol. The largest absolute Gasteiger partial charge is 0.353 e. The lowest BCUT2D eigenvalue weighted by Crippen LogP contribution is -2.56. The first kappa shape index (κ1) is 10.2. The lowest BCUT2D eigenvalue weighted by molar-refractivity contribution is -0.145. The number of hydrogen-bond acceptors (Lipinski definition) is 2. The van der Waals surface area contributed by atoms with Gasteiger partial charge in [0.2, 0.25) is 11.8 Å². The van der Waals surface area contributed by atoms with Crippen molar-refractivity contribution in [1.29, 1.82) is 0 Å². The minimum atomic E-state index is -0.313. The number of amides is 2. The van der Waals surface area contributed by atoms with Gasteiger partial charge in [-0.05, 0) is 19.8 Å². The van der Waals surface area contributed by atoms with Crippen LogP contribution < -0.4 is 5.32 Å². The van der Waals surface area contributed by atoms with Crippen LogP contribution in [0, 0.1) is 5.92 Å². The van der Waals surface area contributed by atoms with Gasteiger partial charge in [0, 0.05) is 19.0 Å². The Labute approximate surface area is 89.3 Å². The van der Waals surface area contributed by atoms with E-state index in [0.29, 0.717) is 13.1 Å². The van der Waals surface area contributed by atoms with Crippen LogP contribution in [0.15, 0.2) is 12.2 Å². The highest BCUT2D eigenvalue weighted by atomic mass is 16.2. The molecule has 2 amide bonds. The molecule has 0 aromatic heterocycles. The summed E-state index contributed by atoms with van der Waals surface area (Å²) in [4.78, 5) is 25.2. The molecular formula is C11H16N2O2. The lowest BCUT2D eigenvalue weighted by Gasteiger charge is -2.34. The Kier molecular flexibility index (Phi) is 2.75. The second-order valence-electron chi connectivity index (χ2n) is 4.14. The van der Waals surface area contributed by atoms with Gasteiger partial charge in [0.15, 0.2) is 0 Å². The molecule has 1 heterocycles. The molecule has 0 saturated carbocycles. The Balaban J connectivity index is 2.02. The number of rotatable bonds is 1. The van der Waals surface area contributed by atoms with Crippen molar-refractivity contribution in [3.8, 4) is 0 Å². The topological polar surface area (TPSA) is 49.4 Å². The van der Waals surface area contributed by atoms with Crippen LogP contribution in [-0.4, -0.2) is 35.8 Å². The molecule has 0 unspecified atom stereocenters. The summed E-state index contributed by atoms with van der Waals surface area (Å²) in [6.07, 6.45) is 5.72. The third-order valence-corrected chi connectivity index (χ3v) is 3.14. The van der Waals surface area contributed by atoms with Gasteiger partial charge >= 0.3 is 0 Å². The predicted molar refractivity (Wildman–Crippen MR) is 56.0 cm³/mol. The molecule has 0 radical (unpaired) electrons. The first-order valence-electron chi connectivity index (χ1n) is 5.43. The summed E-state index contributed by atoms with van der Waals surface area (Å²) in [6.45, 7) is 3.01. The van der Waals surface area contributed by atoms with E-state index in [1.807, 2.05) is 12.2 Å². The molecule has 1 aliphatic carbocycles. The van der Waals surface area contributed by atoms with E-state index in [0.717, 1.165) is 12.8 Å². The van der Waals surface area contributed by atoms with Crippen molar-refractivity contribution >= 4 is 11.8 Å². The molecule has 15 heavy (non-hydrogen) atoms. The molecule has 1 N–H and O–H groups in total. The molecule has 1 fully saturated rings. The molecule has 1 atom stereocenters. The Morgan fingerprint density at radius 1 is 1.47 bits per heavy atom. The van der Waals surface area contributed by atoms with Crippen molar-refractivity contribution in [3.05, 3.63) is 12.2 Å². The summed E-state index contributed by atoms with van der Waals surface area (Å²) < 4.78 is 0. The maximum Gasteiger partial charge on any atom is 0.242 e. The molecule has 0 bridgehead atoms. The zero-order valence-corrected chi connectivity index (χ0v) is 8.90. The summed E-state index contributed by atoms with van der Waals surface area (Å²) in [6, 6.07) is -0.313. The van der Waals surface area contributed by atoms with Crippen LogP contribution >= 0.6 is 0 Å². The highest BCUT2D eigenvalue weighted by Crippen LogP contribution is 2.21. The van der Waals surface area contributed by atoms with Crippen LogP contribution in [0.5, 0.6) is 0 Å². The van der Waals surface area contributed by atoms with Gasteiger partial charge in [-0.1, -0.05) is 12.2 Å². The van der Waals surface area contributed by atoms with Gasteiger partial charge in [-0.25, -0.2) is 0 Å². The highest BCUT2D eigenvalue weighted by Gasteiger charge is 2.33. The number of nitrogens with one attached hydrogen (secondary N) is 1. The molecule has 1 aliphatic heterocycles. The fourth-order valence-electron chi connectivity index (χ4n) is 2.14. The summed E-state index contributed by atoms with van der Waals surface area (Å²) in [5.74, 6) is 0.154. The first-order valence-corrected chi connectivity index (χ1v) is 5.43. The predicted octanol–water partition coefficient (Wildman–Crippen LogP) is 0.299. The second-order valence-corrected chi connectivity index (χ2v) is 4.14. The van der Waals surface area contributed by atoms with Crippen LogP contribution in [0.4, 0.5) is 0 Å². The quantitative estimate of drug-likeness (QED) is 0.630. The molecule has 0 aromatic rings. The van der Waals surface area contributed by atoms with E-state index in [2.05, 4.69) is 5.32 Å². The van der Waals surface area contributed by atoms with Gasteiger partial charge in [0.25, 0.3) is 0 Å². The van der Waals surface area contributed by atoms with Gasteiger partial charge in [-0.15, -0.1) is 0 Å². The summed E-state index contributed by atoms with van der Waals surface area (Å²) >= 11 is 0. The number of piperazine rings is 1. The normalized spacial score (nSPS) is 26.9. The van der Waals surface area contributed by atoms with E-state index in [1.54, 1.807) is 11.8 Å². The van der Waals surface area contributed by atoms with Crippen molar-refractivity contribution in [2.24, 2.45) is 5.92 Å². The Morgan fingerprint density at radius 2 is 2.13 bits per heavy atom. The van der Waals surface area contributed by atoms with Gasteiger partial charge in [0.05, 0.1) is 0 Å². The molecule has 0 aromatic carbocycles. The highest BCUT2D eigenvalue weighted by molar-refractivity contribution is 5.89. The first-order chi connectivity index (χ1) is 7.20. The van der Waals surface area contributed by atoms with E-state index in [1.165, 1.54) is 0 Å².